The van der Waals surface area contributed by atoms with Crippen molar-refractivity contribution >= 4 is 34.8 Å². The number of fused-ring (bicyclic) bond motifs is 2. The van der Waals surface area contributed by atoms with Gasteiger partial charge in [0.1, 0.15) is 0 Å². The third kappa shape index (κ3) is 2.72. The van der Waals surface area contributed by atoms with Gasteiger partial charge in [-0.1, -0.05) is 23.2 Å². The molecule has 2 bridgehead atoms. The highest BCUT2D eigenvalue weighted by molar-refractivity contribution is 6.39. The second-order valence-corrected chi connectivity index (χ2v) is 6.76. The maximum absolute atomic E-state index is 12.7. The largest absolute Gasteiger partial charge is 0.396 e. The average molecular weight is 328 g/mol. The lowest BCUT2D eigenvalue weighted by Crippen LogP contribution is -2.39. The molecule has 0 saturated carbocycles. The van der Waals surface area contributed by atoms with Crippen molar-refractivity contribution in [3.63, 3.8) is 0 Å². The quantitative estimate of drug-likeness (QED) is 0.807. The zero-order chi connectivity index (χ0) is 15.1. The number of rotatable bonds is 1. The number of carbonyl (C=O) groups excluding carboxylic acids is 1. The second-order valence-electron chi connectivity index (χ2n) is 5.94. The second kappa shape index (κ2) is 5.67. The topological polar surface area (TPSA) is 49.6 Å². The lowest BCUT2D eigenvalue weighted by Gasteiger charge is -2.26. The van der Waals surface area contributed by atoms with Crippen molar-refractivity contribution in [2.45, 2.75) is 31.3 Å². The van der Waals surface area contributed by atoms with Crippen molar-refractivity contribution < 1.29 is 4.79 Å². The van der Waals surface area contributed by atoms with Gasteiger partial charge in [0.05, 0.1) is 15.7 Å². The minimum atomic E-state index is -0.0141. The van der Waals surface area contributed by atoms with E-state index >= 15 is 0 Å². The lowest BCUT2D eigenvalue weighted by atomic mass is 10.1. The van der Waals surface area contributed by atoms with Crippen molar-refractivity contribution in [3.05, 3.63) is 27.7 Å². The van der Waals surface area contributed by atoms with Gasteiger partial charge in [0.15, 0.2) is 0 Å². The number of nitrogens with two attached hydrogens (primary N) is 1. The molecule has 1 aromatic carbocycles. The molecule has 2 unspecified atom stereocenters. The molecule has 2 aliphatic heterocycles. The van der Waals surface area contributed by atoms with E-state index in [4.69, 9.17) is 28.9 Å². The van der Waals surface area contributed by atoms with Gasteiger partial charge < -0.3 is 10.6 Å². The molecule has 6 heteroatoms. The van der Waals surface area contributed by atoms with E-state index in [0.717, 1.165) is 25.9 Å². The zero-order valence-electron chi connectivity index (χ0n) is 12.0. The highest BCUT2D eigenvalue weighted by atomic mass is 35.5. The van der Waals surface area contributed by atoms with Gasteiger partial charge in [0, 0.05) is 30.7 Å². The number of hydrogen-bond acceptors (Lipinski definition) is 3. The summed E-state index contributed by atoms with van der Waals surface area (Å²) in [5.41, 5.74) is 6.56. The molecular weight excluding hydrogens is 309 g/mol. The first kappa shape index (κ1) is 14.9. The van der Waals surface area contributed by atoms with E-state index < -0.39 is 0 Å². The van der Waals surface area contributed by atoms with E-state index in [1.54, 1.807) is 12.1 Å². The summed E-state index contributed by atoms with van der Waals surface area (Å²) in [4.78, 5) is 17.0. The van der Waals surface area contributed by atoms with Gasteiger partial charge in [-0.3, -0.25) is 9.69 Å². The molecule has 0 aliphatic carbocycles. The molecule has 114 valence electrons. The fourth-order valence-electron chi connectivity index (χ4n) is 3.38. The van der Waals surface area contributed by atoms with Crippen molar-refractivity contribution in [1.29, 1.82) is 0 Å². The van der Waals surface area contributed by atoms with Crippen molar-refractivity contribution in [1.82, 2.24) is 9.80 Å². The molecule has 3 rings (SSSR count). The molecule has 2 fully saturated rings. The van der Waals surface area contributed by atoms with Crippen LogP contribution in [0.1, 0.15) is 29.6 Å². The molecule has 4 nitrogen and oxygen atoms in total. The first-order valence-corrected chi connectivity index (χ1v) is 7.98. The summed E-state index contributed by atoms with van der Waals surface area (Å²) in [6, 6.07) is 4.28. The van der Waals surface area contributed by atoms with Crippen LogP contribution in [0, 0.1) is 0 Å². The van der Waals surface area contributed by atoms with Crippen LogP contribution in [0.25, 0.3) is 0 Å². The average Bonchev–Trinajstić information content (AvgIpc) is 2.68. The predicted molar refractivity (Wildman–Crippen MR) is 86.0 cm³/mol. The number of amides is 1. The van der Waals surface area contributed by atoms with Crippen molar-refractivity contribution in [2.75, 3.05) is 25.9 Å². The molecule has 0 aromatic heterocycles. The summed E-state index contributed by atoms with van der Waals surface area (Å²) >= 11 is 12.1. The van der Waals surface area contributed by atoms with E-state index in [0.29, 0.717) is 33.4 Å². The SMILES string of the molecule is CN1C2CCC1CN(C(=O)c1cc(Cl)c(N)c(Cl)c1)CC2. The maximum Gasteiger partial charge on any atom is 0.254 e. The normalized spacial score (nSPS) is 26.0. The molecule has 0 radical (unpaired) electrons. The third-order valence-corrected chi connectivity index (χ3v) is 5.39. The Morgan fingerprint density at radius 1 is 1.19 bits per heavy atom. The van der Waals surface area contributed by atoms with E-state index in [2.05, 4.69) is 11.9 Å². The van der Waals surface area contributed by atoms with Crippen LogP contribution >= 0.6 is 23.2 Å². The molecule has 1 amide bonds. The maximum atomic E-state index is 12.7. The van der Waals surface area contributed by atoms with Crippen LogP contribution in [-0.4, -0.2) is 47.9 Å². The summed E-state index contributed by atoms with van der Waals surface area (Å²) < 4.78 is 0. The molecule has 2 N–H and O–H groups in total. The number of nitrogen functional groups attached to an aromatic ring is 1. The fourth-order valence-corrected chi connectivity index (χ4v) is 3.87. The van der Waals surface area contributed by atoms with E-state index in [9.17, 15) is 4.79 Å². The van der Waals surface area contributed by atoms with Gasteiger partial charge in [0.25, 0.3) is 5.91 Å². The summed E-state index contributed by atoms with van der Waals surface area (Å²) in [5, 5.41) is 0.665. The number of benzene rings is 1. The Hall–Kier alpha value is -0.970. The summed E-state index contributed by atoms with van der Waals surface area (Å²) in [6.07, 6.45) is 3.42. The highest BCUT2D eigenvalue weighted by Crippen LogP contribution is 2.31. The fraction of sp³-hybridized carbons (Fsp3) is 0.533. The lowest BCUT2D eigenvalue weighted by molar-refractivity contribution is 0.0740. The van der Waals surface area contributed by atoms with Crippen LogP contribution in [0.3, 0.4) is 0 Å². The number of hydrogen-bond donors (Lipinski definition) is 1. The molecule has 1 aromatic rings. The molecule has 2 heterocycles. The monoisotopic (exact) mass is 327 g/mol. The number of carbonyl (C=O) groups is 1. The van der Waals surface area contributed by atoms with Crippen molar-refractivity contribution in [3.8, 4) is 0 Å². The van der Waals surface area contributed by atoms with E-state index in [1.807, 2.05) is 4.90 Å². The number of nitrogens with zero attached hydrogens (tertiary/aromatic N) is 2. The zero-order valence-corrected chi connectivity index (χ0v) is 13.5. The number of likely N-dealkylation sites (N-methyl/N-ethyl adjacent to an activating group) is 1. The van der Waals surface area contributed by atoms with Gasteiger partial charge in [-0.25, -0.2) is 0 Å². The third-order valence-electron chi connectivity index (χ3n) is 4.76. The molecule has 2 saturated heterocycles. The molecule has 2 aliphatic rings. The Morgan fingerprint density at radius 2 is 1.81 bits per heavy atom. The number of halogens is 2. The highest BCUT2D eigenvalue weighted by Gasteiger charge is 2.36. The van der Waals surface area contributed by atoms with Gasteiger partial charge in [0.2, 0.25) is 0 Å². The van der Waals surface area contributed by atoms with Crippen molar-refractivity contribution in [2.24, 2.45) is 0 Å². The van der Waals surface area contributed by atoms with Crippen LogP contribution in [0.5, 0.6) is 0 Å². The summed E-state index contributed by atoms with van der Waals surface area (Å²) in [6.45, 7) is 1.55. The molecule has 0 spiro atoms. The Kier molecular flexibility index (Phi) is 4.04. The van der Waals surface area contributed by atoms with Gasteiger partial charge in [-0.2, -0.15) is 0 Å². The Balaban J connectivity index is 1.82. The first-order valence-electron chi connectivity index (χ1n) is 7.23. The molecule has 21 heavy (non-hydrogen) atoms. The van der Waals surface area contributed by atoms with Gasteiger partial charge >= 0.3 is 0 Å². The van der Waals surface area contributed by atoms with Crippen LogP contribution < -0.4 is 5.73 Å². The summed E-state index contributed by atoms with van der Waals surface area (Å²) in [7, 11) is 2.16. The molecule has 2 atom stereocenters. The number of likely N-dealkylation sites (tertiary alicyclic amines) is 1. The molecular formula is C15H19Cl2N3O. The van der Waals surface area contributed by atoms with E-state index in [-0.39, 0.29) is 5.91 Å². The van der Waals surface area contributed by atoms with Crippen LogP contribution in [0.2, 0.25) is 10.0 Å². The van der Waals surface area contributed by atoms with Crippen LogP contribution in [0.15, 0.2) is 12.1 Å². The van der Waals surface area contributed by atoms with Gasteiger partial charge in [-0.15, -0.1) is 0 Å². The predicted octanol–water partition coefficient (Wildman–Crippen LogP) is 2.88. The van der Waals surface area contributed by atoms with Crippen LogP contribution in [0.4, 0.5) is 5.69 Å². The minimum Gasteiger partial charge on any atom is -0.396 e. The number of anilines is 1. The first-order chi connectivity index (χ1) is 9.97. The Bertz CT molecular complexity index is 555. The van der Waals surface area contributed by atoms with Crippen LogP contribution in [-0.2, 0) is 0 Å². The minimum absolute atomic E-state index is 0.0141. The van der Waals surface area contributed by atoms with E-state index in [1.165, 1.54) is 6.42 Å². The Labute approximate surface area is 134 Å². The smallest absolute Gasteiger partial charge is 0.254 e. The van der Waals surface area contributed by atoms with Gasteiger partial charge in [-0.05, 0) is 38.4 Å². The standard InChI is InChI=1S/C15H19Cl2N3O/c1-19-10-2-3-11(19)8-20(5-4-10)15(21)9-6-12(16)14(18)13(17)7-9/h6-7,10-11H,2-5,8,18H2,1H3. The summed E-state index contributed by atoms with van der Waals surface area (Å²) in [5.74, 6) is -0.0141. The Morgan fingerprint density at radius 3 is 2.48 bits per heavy atom.